The highest BCUT2D eigenvalue weighted by atomic mass is 16.5. The van der Waals surface area contributed by atoms with Crippen molar-refractivity contribution in [3.05, 3.63) is 29.8 Å². The molecule has 3 heteroatoms. The minimum Gasteiger partial charge on any atom is -0.497 e. The molecule has 0 amide bonds. The fraction of sp³-hybridized carbons (Fsp3) is 0.462. The predicted molar refractivity (Wildman–Crippen MR) is 64.4 cm³/mol. The highest BCUT2D eigenvalue weighted by molar-refractivity contribution is 5.29. The Kier molecular flexibility index (Phi) is 3.92. The zero-order valence-electron chi connectivity index (χ0n) is 10.3. The molecule has 0 radical (unpaired) electrons. The van der Waals surface area contributed by atoms with Gasteiger partial charge < -0.3 is 4.74 Å². The minimum absolute atomic E-state index is 0.464. The molecule has 0 spiro atoms. The number of likely N-dealkylation sites (N-methyl/N-ethyl adjacent to an activating group) is 1. The lowest BCUT2D eigenvalue weighted by Gasteiger charge is -2.29. The maximum Gasteiger partial charge on any atom is 0.118 e. The van der Waals surface area contributed by atoms with Crippen LogP contribution in [0.5, 0.6) is 5.75 Å². The number of nitrogens with zero attached hydrogens (tertiary/aromatic N) is 2. The molecular weight excluding hydrogens is 200 g/mol. The van der Waals surface area contributed by atoms with E-state index in [1.807, 2.05) is 50.2 Å². The number of hydrogen-bond donors (Lipinski definition) is 0. The molecule has 1 rings (SSSR count). The number of nitriles is 1. The van der Waals surface area contributed by atoms with Crippen LogP contribution in [0.3, 0.4) is 0 Å². The van der Waals surface area contributed by atoms with E-state index in [9.17, 15) is 5.26 Å². The van der Waals surface area contributed by atoms with Gasteiger partial charge in [-0.15, -0.1) is 0 Å². The van der Waals surface area contributed by atoms with Crippen molar-refractivity contribution in [1.82, 2.24) is 4.90 Å². The highest BCUT2D eigenvalue weighted by Gasteiger charge is 2.26. The van der Waals surface area contributed by atoms with E-state index < -0.39 is 5.54 Å². The van der Waals surface area contributed by atoms with Crippen molar-refractivity contribution >= 4 is 0 Å². The van der Waals surface area contributed by atoms with E-state index >= 15 is 0 Å². The lowest BCUT2D eigenvalue weighted by molar-refractivity contribution is 0.236. The monoisotopic (exact) mass is 218 g/mol. The summed E-state index contributed by atoms with van der Waals surface area (Å²) in [6.45, 7) is 1.94. The molecule has 0 N–H and O–H groups in total. The largest absolute Gasteiger partial charge is 0.497 e. The van der Waals surface area contributed by atoms with E-state index in [0.29, 0.717) is 6.42 Å². The smallest absolute Gasteiger partial charge is 0.118 e. The van der Waals surface area contributed by atoms with E-state index in [4.69, 9.17) is 4.74 Å². The average Bonchev–Trinajstić information content (AvgIpc) is 2.29. The molecule has 1 atom stereocenters. The minimum atomic E-state index is -0.464. The van der Waals surface area contributed by atoms with Gasteiger partial charge in [0.15, 0.2) is 0 Å². The van der Waals surface area contributed by atoms with Gasteiger partial charge in [0.25, 0.3) is 0 Å². The maximum atomic E-state index is 9.20. The highest BCUT2D eigenvalue weighted by Crippen LogP contribution is 2.19. The van der Waals surface area contributed by atoms with E-state index in [2.05, 4.69) is 6.07 Å². The fourth-order valence-electron chi connectivity index (χ4n) is 1.44. The van der Waals surface area contributed by atoms with Crippen LogP contribution in [0.4, 0.5) is 0 Å². The van der Waals surface area contributed by atoms with Crippen LogP contribution in [-0.4, -0.2) is 31.6 Å². The van der Waals surface area contributed by atoms with Crippen molar-refractivity contribution in [3.8, 4) is 11.8 Å². The second-order valence-corrected chi connectivity index (χ2v) is 4.30. The first kappa shape index (κ1) is 12.5. The third-order valence-corrected chi connectivity index (χ3v) is 2.94. The summed E-state index contributed by atoms with van der Waals surface area (Å²) in [5.41, 5.74) is 0.674. The molecular formula is C13H18N2O. The summed E-state index contributed by atoms with van der Waals surface area (Å²) in [5.74, 6) is 0.840. The van der Waals surface area contributed by atoms with Crippen molar-refractivity contribution in [3.63, 3.8) is 0 Å². The van der Waals surface area contributed by atoms with Gasteiger partial charge in [-0.3, -0.25) is 4.90 Å². The zero-order chi connectivity index (χ0) is 12.2. The van der Waals surface area contributed by atoms with Gasteiger partial charge in [-0.2, -0.15) is 5.26 Å². The zero-order valence-corrected chi connectivity index (χ0v) is 10.3. The van der Waals surface area contributed by atoms with Crippen LogP contribution in [0, 0.1) is 11.3 Å². The van der Waals surface area contributed by atoms with Crippen molar-refractivity contribution in [1.29, 1.82) is 5.26 Å². The summed E-state index contributed by atoms with van der Waals surface area (Å²) in [5, 5.41) is 9.20. The lowest BCUT2D eigenvalue weighted by atomic mass is 9.93. The van der Waals surface area contributed by atoms with Gasteiger partial charge >= 0.3 is 0 Å². The third kappa shape index (κ3) is 2.74. The molecule has 0 saturated carbocycles. The summed E-state index contributed by atoms with van der Waals surface area (Å²) in [6.07, 6.45) is 0.709. The Balaban J connectivity index is 2.83. The Morgan fingerprint density at radius 2 is 1.88 bits per heavy atom. The standard InChI is InChI=1S/C13H18N2O/c1-13(10-14,15(2)3)9-11-5-7-12(16-4)8-6-11/h5-8H,9H2,1-4H3. The Hall–Kier alpha value is -1.53. The molecule has 3 nitrogen and oxygen atoms in total. The molecule has 0 saturated heterocycles. The summed E-state index contributed by atoms with van der Waals surface area (Å²) >= 11 is 0. The Morgan fingerprint density at radius 3 is 2.25 bits per heavy atom. The third-order valence-electron chi connectivity index (χ3n) is 2.94. The van der Waals surface area contributed by atoms with Gasteiger partial charge in [0, 0.05) is 6.42 Å². The number of rotatable bonds is 4. The van der Waals surface area contributed by atoms with Crippen LogP contribution in [0.2, 0.25) is 0 Å². The molecule has 1 aromatic carbocycles. The maximum absolute atomic E-state index is 9.20. The van der Waals surface area contributed by atoms with Crippen molar-refractivity contribution < 1.29 is 4.74 Å². The average molecular weight is 218 g/mol. The van der Waals surface area contributed by atoms with E-state index in [1.165, 1.54) is 0 Å². The number of methoxy groups -OCH3 is 1. The SMILES string of the molecule is COc1ccc(CC(C)(C#N)N(C)C)cc1. The van der Waals surface area contributed by atoms with Gasteiger partial charge in [-0.05, 0) is 38.7 Å². The van der Waals surface area contributed by atoms with Crippen molar-refractivity contribution in [2.45, 2.75) is 18.9 Å². The normalized spacial score (nSPS) is 14.2. The van der Waals surface area contributed by atoms with Crippen LogP contribution in [-0.2, 0) is 6.42 Å². The van der Waals surface area contributed by atoms with Gasteiger partial charge in [-0.1, -0.05) is 12.1 Å². The number of benzene rings is 1. The van der Waals surface area contributed by atoms with Crippen LogP contribution in [0.1, 0.15) is 12.5 Å². The van der Waals surface area contributed by atoms with E-state index in [1.54, 1.807) is 7.11 Å². The summed E-state index contributed by atoms with van der Waals surface area (Å²) in [4.78, 5) is 1.94. The molecule has 1 unspecified atom stereocenters. The molecule has 0 heterocycles. The fourth-order valence-corrected chi connectivity index (χ4v) is 1.44. The van der Waals surface area contributed by atoms with Gasteiger partial charge in [0.2, 0.25) is 0 Å². The molecule has 16 heavy (non-hydrogen) atoms. The quantitative estimate of drug-likeness (QED) is 0.776. The van der Waals surface area contributed by atoms with Gasteiger partial charge in [-0.25, -0.2) is 0 Å². The Bertz CT molecular complexity index is 378. The Labute approximate surface area is 97.3 Å². The topological polar surface area (TPSA) is 36.3 Å². The van der Waals surface area contributed by atoms with Crippen molar-refractivity contribution in [2.24, 2.45) is 0 Å². The molecule has 0 aromatic heterocycles. The first-order valence-electron chi connectivity index (χ1n) is 5.23. The molecule has 0 aliphatic heterocycles. The van der Waals surface area contributed by atoms with Crippen LogP contribution >= 0.6 is 0 Å². The molecule has 0 bridgehead atoms. The van der Waals surface area contributed by atoms with Crippen molar-refractivity contribution in [2.75, 3.05) is 21.2 Å². The first-order valence-corrected chi connectivity index (χ1v) is 5.23. The molecule has 0 aliphatic rings. The Morgan fingerprint density at radius 1 is 1.31 bits per heavy atom. The van der Waals surface area contributed by atoms with Crippen LogP contribution < -0.4 is 4.74 Å². The second kappa shape index (κ2) is 5.00. The van der Waals surface area contributed by atoms with Gasteiger partial charge in [0.1, 0.15) is 11.3 Å². The van der Waals surface area contributed by atoms with Gasteiger partial charge in [0.05, 0.1) is 13.2 Å². The summed E-state index contributed by atoms with van der Waals surface area (Å²) < 4.78 is 5.10. The molecule has 0 fully saturated rings. The summed E-state index contributed by atoms with van der Waals surface area (Å²) in [7, 11) is 5.49. The van der Waals surface area contributed by atoms with E-state index in [0.717, 1.165) is 11.3 Å². The number of hydrogen-bond acceptors (Lipinski definition) is 3. The van der Waals surface area contributed by atoms with E-state index in [-0.39, 0.29) is 0 Å². The van der Waals surface area contributed by atoms with Crippen LogP contribution in [0.25, 0.3) is 0 Å². The first-order chi connectivity index (χ1) is 7.51. The molecule has 0 aliphatic carbocycles. The lowest BCUT2D eigenvalue weighted by Crippen LogP contribution is -2.41. The predicted octanol–water partition coefficient (Wildman–Crippen LogP) is 2.08. The summed E-state index contributed by atoms with van der Waals surface area (Å²) in [6, 6.07) is 10.2. The molecule has 86 valence electrons. The number of ether oxygens (including phenoxy) is 1. The van der Waals surface area contributed by atoms with Crippen LogP contribution in [0.15, 0.2) is 24.3 Å². The molecule has 1 aromatic rings. The second-order valence-electron chi connectivity index (χ2n) is 4.30.